The van der Waals surface area contributed by atoms with Gasteiger partial charge in [0.15, 0.2) is 0 Å². The van der Waals surface area contributed by atoms with Crippen molar-refractivity contribution in [3.8, 4) is 0 Å². The van der Waals surface area contributed by atoms with Gasteiger partial charge >= 0.3 is 0 Å². The van der Waals surface area contributed by atoms with Crippen molar-refractivity contribution in [2.24, 2.45) is 0 Å². The van der Waals surface area contributed by atoms with Crippen LogP contribution in [0, 0.1) is 0 Å². The predicted molar refractivity (Wildman–Crippen MR) is 71.1 cm³/mol. The van der Waals surface area contributed by atoms with E-state index in [9.17, 15) is 0 Å². The molecule has 0 bridgehead atoms. The highest BCUT2D eigenvalue weighted by Crippen LogP contribution is 2.26. The molecule has 0 unspecified atom stereocenters. The maximum atomic E-state index is 3.59. The lowest BCUT2D eigenvalue weighted by Gasteiger charge is -2.23. The van der Waals surface area contributed by atoms with Crippen LogP contribution in [-0.2, 0) is 6.54 Å². The van der Waals surface area contributed by atoms with Crippen molar-refractivity contribution in [3.63, 3.8) is 0 Å². The predicted octanol–water partition coefficient (Wildman–Crippen LogP) is 2.41. The highest BCUT2D eigenvalue weighted by Gasteiger charge is 2.20. The van der Waals surface area contributed by atoms with E-state index in [1.54, 1.807) is 5.56 Å². The molecule has 0 aromatic heterocycles. The summed E-state index contributed by atoms with van der Waals surface area (Å²) in [5, 5.41) is 7.03. The second-order valence-electron chi connectivity index (χ2n) is 5.42. The molecule has 2 nitrogen and oxygen atoms in total. The Morgan fingerprint density at radius 2 is 1.94 bits per heavy atom. The van der Waals surface area contributed by atoms with Crippen LogP contribution in [0.5, 0.6) is 0 Å². The van der Waals surface area contributed by atoms with Gasteiger partial charge in [0.1, 0.15) is 0 Å². The molecule has 17 heavy (non-hydrogen) atoms. The number of nitrogens with one attached hydrogen (secondary N) is 2. The summed E-state index contributed by atoms with van der Waals surface area (Å²) in [6.07, 6.45) is 5.32. The Morgan fingerprint density at radius 1 is 1.12 bits per heavy atom. The zero-order chi connectivity index (χ0) is 11.5. The molecule has 1 aliphatic carbocycles. The van der Waals surface area contributed by atoms with Crippen LogP contribution in [0.25, 0.3) is 0 Å². The van der Waals surface area contributed by atoms with E-state index in [-0.39, 0.29) is 0 Å². The zero-order valence-electron chi connectivity index (χ0n) is 10.4. The molecule has 0 atom stereocenters. The summed E-state index contributed by atoms with van der Waals surface area (Å²) in [6, 6.07) is 9.99. The Balaban J connectivity index is 1.64. The average molecular weight is 230 g/mol. The Kier molecular flexibility index (Phi) is 3.44. The smallest absolute Gasteiger partial charge is 0.0208 e. The minimum Gasteiger partial charge on any atom is -0.317 e. The van der Waals surface area contributed by atoms with Gasteiger partial charge in [-0.15, -0.1) is 0 Å². The van der Waals surface area contributed by atoms with Gasteiger partial charge < -0.3 is 10.6 Å². The first-order valence-electron chi connectivity index (χ1n) is 6.95. The van der Waals surface area contributed by atoms with Gasteiger partial charge in [-0.05, 0) is 55.8 Å². The summed E-state index contributed by atoms with van der Waals surface area (Å²) < 4.78 is 0. The van der Waals surface area contributed by atoms with Crippen molar-refractivity contribution in [1.82, 2.24) is 10.6 Å². The number of hydrogen-bond acceptors (Lipinski definition) is 2. The number of hydrogen-bond donors (Lipinski definition) is 2. The van der Waals surface area contributed by atoms with E-state index in [0.29, 0.717) is 0 Å². The molecule has 1 saturated heterocycles. The van der Waals surface area contributed by atoms with Crippen LogP contribution in [0.3, 0.4) is 0 Å². The van der Waals surface area contributed by atoms with Gasteiger partial charge in [0.05, 0.1) is 0 Å². The topological polar surface area (TPSA) is 24.1 Å². The van der Waals surface area contributed by atoms with E-state index in [2.05, 4.69) is 34.9 Å². The molecule has 0 amide bonds. The monoisotopic (exact) mass is 230 g/mol. The van der Waals surface area contributed by atoms with Gasteiger partial charge in [-0.3, -0.25) is 0 Å². The van der Waals surface area contributed by atoms with Crippen LogP contribution in [0.4, 0.5) is 0 Å². The molecule has 2 fully saturated rings. The van der Waals surface area contributed by atoms with Crippen molar-refractivity contribution in [3.05, 3.63) is 35.4 Å². The normalized spacial score (nSPS) is 21.6. The van der Waals surface area contributed by atoms with E-state index >= 15 is 0 Å². The first kappa shape index (κ1) is 11.2. The van der Waals surface area contributed by atoms with Crippen molar-refractivity contribution in [2.75, 3.05) is 13.1 Å². The number of rotatable bonds is 4. The van der Waals surface area contributed by atoms with Crippen LogP contribution in [0.1, 0.15) is 42.7 Å². The first-order valence-corrected chi connectivity index (χ1v) is 6.95. The molecule has 0 radical (unpaired) electrons. The van der Waals surface area contributed by atoms with Gasteiger partial charge in [0.2, 0.25) is 0 Å². The minimum atomic E-state index is 0.775. The quantitative estimate of drug-likeness (QED) is 0.830. The lowest BCUT2D eigenvalue weighted by molar-refractivity contribution is 0.460. The van der Waals surface area contributed by atoms with Gasteiger partial charge in [0.25, 0.3) is 0 Å². The third-order valence-electron chi connectivity index (χ3n) is 3.93. The van der Waals surface area contributed by atoms with E-state index in [1.165, 1.54) is 44.3 Å². The molecule has 1 heterocycles. The Labute approximate surface area is 104 Å². The SMILES string of the molecule is c1cc(CNC2CC2)cc(C2CCNCC2)c1. The molecule has 1 aromatic rings. The zero-order valence-corrected chi connectivity index (χ0v) is 10.4. The van der Waals surface area contributed by atoms with Gasteiger partial charge in [-0.1, -0.05) is 24.3 Å². The molecule has 3 rings (SSSR count). The summed E-state index contributed by atoms with van der Waals surface area (Å²) in [7, 11) is 0. The van der Waals surface area contributed by atoms with Crippen LogP contribution < -0.4 is 10.6 Å². The van der Waals surface area contributed by atoms with E-state index < -0.39 is 0 Å². The molecular formula is C15H22N2. The van der Waals surface area contributed by atoms with E-state index in [4.69, 9.17) is 0 Å². The third-order valence-corrected chi connectivity index (χ3v) is 3.93. The maximum Gasteiger partial charge on any atom is 0.0208 e. The average Bonchev–Trinajstić information content (AvgIpc) is 3.22. The van der Waals surface area contributed by atoms with E-state index in [0.717, 1.165) is 18.5 Å². The molecule has 1 saturated carbocycles. The van der Waals surface area contributed by atoms with Crippen LogP contribution in [0.2, 0.25) is 0 Å². The van der Waals surface area contributed by atoms with Crippen LogP contribution in [0.15, 0.2) is 24.3 Å². The molecule has 92 valence electrons. The fraction of sp³-hybridized carbons (Fsp3) is 0.600. The lowest BCUT2D eigenvalue weighted by atomic mass is 9.89. The van der Waals surface area contributed by atoms with Crippen LogP contribution in [-0.4, -0.2) is 19.1 Å². The first-order chi connectivity index (χ1) is 8.42. The molecule has 2 N–H and O–H groups in total. The van der Waals surface area contributed by atoms with Crippen molar-refractivity contribution in [1.29, 1.82) is 0 Å². The molecule has 1 aliphatic heterocycles. The summed E-state index contributed by atoms with van der Waals surface area (Å²) in [6.45, 7) is 3.40. The second kappa shape index (κ2) is 5.19. The molecular weight excluding hydrogens is 208 g/mol. The second-order valence-corrected chi connectivity index (χ2v) is 5.42. The Bertz CT molecular complexity index is 365. The summed E-state index contributed by atoms with van der Waals surface area (Å²) in [4.78, 5) is 0. The van der Waals surface area contributed by atoms with Crippen molar-refractivity contribution >= 4 is 0 Å². The van der Waals surface area contributed by atoms with E-state index in [1.807, 2.05) is 0 Å². The summed E-state index contributed by atoms with van der Waals surface area (Å²) in [5.74, 6) is 0.775. The van der Waals surface area contributed by atoms with Crippen LogP contribution >= 0.6 is 0 Å². The molecule has 2 aliphatic rings. The van der Waals surface area contributed by atoms with Gasteiger partial charge in [0, 0.05) is 12.6 Å². The maximum absolute atomic E-state index is 3.59. The molecule has 2 heteroatoms. The lowest BCUT2D eigenvalue weighted by Crippen LogP contribution is -2.26. The van der Waals surface area contributed by atoms with Gasteiger partial charge in [-0.2, -0.15) is 0 Å². The number of benzene rings is 1. The standard InChI is InChI=1S/C15H22N2/c1-2-12(11-17-15-4-5-15)10-14(3-1)13-6-8-16-9-7-13/h1-3,10,13,15-17H,4-9,11H2. The third kappa shape index (κ3) is 3.08. The highest BCUT2D eigenvalue weighted by atomic mass is 14.9. The Morgan fingerprint density at radius 3 is 2.71 bits per heavy atom. The summed E-state index contributed by atoms with van der Waals surface area (Å²) >= 11 is 0. The molecule has 0 spiro atoms. The fourth-order valence-corrected chi connectivity index (χ4v) is 2.66. The van der Waals surface area contributed by atoms with Crippen molar-refractivity contribution in [2.45, 2.75) is 44.2 Å². The van der Waals surface area contributed by atoms with Gasteiger partial charge in [-0.25, -0.2) is 0 Å². The Hall–Kier alpha value is -0.860. The minimum absolute atomic E-state index is 0.775. The largest absolute Gasteiger partial charge is 0.317 e. The molecule has 1 aromatic carbocycles. The number of piperidine rings is 1. The fourth-order valence-electron chi connectivity index (χ4n) is 2.66. The van der Waals surface area contributed by atoms with Crippen molar-refractivity contribution < 1.29 is 0 Å². The summed E-state index contributed by atoms with van der Waals surface area (Å²) in [5.41, 5.74) is 2.99. The highest BCUT2D eigenvalue weighted by molar-refractivity contribution is 5.27.